The average molecular weight is 347 g/mol. The van der Waals surface area contributed by atoms with Crippen molar-refractivity contribution in [1.29, 1.82) is 0 Å². The Kier molecular flexibility index (Phi) is 6.09. The van der Waals surface area contributed by atoms with Gasteiger partial charge >= 0.3 is 0 Å². The normalized spacial score (nSPS) is 10.6. The minimum Gasteiger partial charge on any atom is -0.493 e. The predicted molar refractivity (Wildman–Crippen MR) is 97.7 cm³/mol. The van der Waals surface area contributed by atoms with Crippen LogP contribution < -0.4 is 20.5 Å². The molecule has 0 aliphatic heterocycles. The molecule has 24 heavy (non-hydrogen) atoms. The number of ether oxygens (including phenoxy) is 2. The van der Waals surface area contributed by atoms with Crippen LogP contribution in [0.15, 0.2) is 42.5 Å². The highest BCUT2D eigenvalue weighted by Gasteiger charge is 2.05. The van der Waals surface area contributed by atoms with Gasteiger partial charge in [-0.05, 0) is 48.9 Å². The summed E-state index contributed by atoms with van der Waals surface area (Å²) in [6, 6.07) is 10.4. The van der Waals surface area contributed by atoms with E-state index >= 15 is 0 Å². The first-order valence-electron chi connectivity index (χ1n) is 7.38. The number of amides is 1. The van der Waals surface area contributed by atoms with E-state index in [2.05, 4.69) is 5.32 Å². The summed E-state index contributed by atoms with van der Waals surface area (Å²) in [5.74, 6) is 1.01. The molecule has 0 unspecified atom stereocenters. The molecule has 1 amide bonds. The summed E-state index contributed by atoms with van der Waals surface area (Å²) < 4.78 is 10.7. The molecule has 0 fully saturated rings. The molecule has 0 saturated heterocycles. The maximum Gasteiger partial charge on any atom is 0.248 e. The van der Waals surface area contributed by atoms with E-state index < -0.39 is 0 Å². The fraction of sp³-hybridized carbons (Fsp3) is 0.167. The van der Waals surface area contributed by atoms with Crippen molar-refractivity contribution in [3.8, 4) is 11.5 Å². The van der Waals surface area contributed by atoms with E-state index in [1.807, 2.05) is 13.0 Å². The second-order valence-corrected chi connectivity index (χ2v) is 5.31. The Morgan fingerprint density at radius 2 is 2.04 bits per heavy atom. The number of hydrogen-bond donors (Lipinski definition) is 2. The van der Waals surface area contributed by atoms with Crippen molar-refractivity contribution in [3.63, 3.8) is 0 Å². The van der Waals surface area contributed by atoms with Crippen molar-refractivity contribution < 1.29 is 14.3 Å². The van der Waals surface area contributed by atoms with Crippen LogP contribution in [0.4, 0.5) is 11.4 Å². The number of nitrogen functional groups attached to an aromatic ring is 1. The van der Waals surface area contributed by atoms with Crippen molar-refractivity contribution in [2.24, 2.45) is 0 Å². The molecule has 0 saturated carbocycles. The zero-order valence-electron chi connectivity index (χ0n) is 13.5. The molecule has 0 bridgehead atoms. The van der Waals surface area contributed by atoms with E-state index in [9.17, 15) is 4.79 Å². The zero-order chi connectivity index (χ0) is 17.5. The van der Waals surface area contributed by atoms with Gasteiger partial charge in [-0.15, -0.1) is 0 Å². The third-order valence-corrected chi connectivity index (χ3v) is 3.52. The fourth-order valence-electron chi connectivity index (χ4n) is 2.04. The molecule has 0 spiro atoms. The summed E-state index contributed by atoms with van der Waals surface area (Å²) in [5.41, 5.74) is 7.52. The first-order valence-corrected chi connectivity index (χ1v) is 7.76. The van der Waals surface area contributed by atoms with Crippen molar-refractivity contribution in [2.75, 3.05) is 24.8 Å². The molecule has 0 atom stereocenters. The highest BCUT2D eigenvalue weighted by molar-refractivity contribution is 6.33. The molecule has 5 nitrogen and oxygen atoms in total. The summed E-state index contributed by atoms with van der Waals surface area (Å²) in [6.07, 6.45) is 3.12. The summed E-state index contributed by atoms with van der Waals surface area (Å²) >= 11 is 5.85. The van der Waals surface area contributed by atoms with Crippen LogP contribution in [0.25, 0.3) is 6.08 Å². The zero-order valence-corrected chi connectivity index (χ0v) is 14.3. The van der Waals surface area contributed by atoms with E-state index in [0.717, 1.165) is 5.56 Å². The Hall–Kier alpha value is -2.66. The maximum atomic E-state index is 12.0. The number of benzene rings is 2. The van der Waals surface area contributed by atoms with Gasteiger partial charge in [0.15, 0.2) is 11.5 Å². The molecule has 0 aliphatic rings. The second-order valence-electron chi connectivity index (χ2n) is 4.90. The van der Waals surface area contributed by atoms with Crippen LogP contribution in [0.5, 0.6) is 11.5 Å². The fourth-order valence-corrected chi connectivity index (χ4v) is 2.16. The molecule has 126 valence electrons. The summed E-state index contributed by atoms with van der Waals surface area (Å²) in [6.45, 7) is 2.46. The van der Waals surface area contributed by atoms with Crippen molar-refractivity contribution in [3.05, 3.63) is 53.1 Å². The van der Waals surface area contributed by atoms with Gasteiger partial charge in [-0.25, -0.2) is 0 Å². The number of carbonyl (C=O) groups excluding carboxylic acids is 1. The third kappa shape index (κ3) is 4.67. The lowest BCUT2D eigenvalue weighted by molar-refractivity contribution is -0.111. The first kappa shape index (κ1) is 17.7. The van der Waals surface area contributed by atoms with E-state index in [1.165, 1.54) is 6.08 Å². The Bertz CT molecular complexity index is 760. The largest absolute Gasteiger partial charge is 0.493 e. The standard InChI is InChI=1S/C18H19ClN2O3/c1-3-24-16-8-4-12(10-17(16)23-2)5-9-18(22)21-13-6-7-14(19)15(20)11-13/h4-11H,3,20H2,1-2H3,(H,21,22)/b9-5+. The van der Waals surface area contributed by atoms with Gasteiger partial charge in [0, 0.05) is 11.8 Å². The van der Waals surface area contributed by atoms with Crippen molar-refractivity contribution in [1.82, 2.24) is 0 Å². The molecule has 2 aromatic rings. The van der Waals surface area contributed by atoms with Gasteiger partial charge in [0.25, 0.3) is 0 Å². The quantitative estimate of drug-likeness (QED) is 0.613. The van der Waals surface area contributed by atoms with Crippen molar-refractivity contribution in [2.45, 2.75) is 6.92 Å². The van der Waals surface area contributed by atoms with Gasteiger partial charge in [-0.2, -0.15) is 0 Å². The lowest BCUT2D eigenvalue weighted by Gasteiger charge is -2.09. The minimum atomic E-state index is -0.274. The third-order valence-electron chi connectivity index (χ3n) is 3.18. The van der Waals surface area contributed by atoms with E-state index in [0.29, 0.717) is 34.5 Å². The van der Waals surface area contributed by atoms with Crippen LogP contribution in [0, 0.1) is 0 Å². The molecule has 0 radical (unpaired) electrons. The Morgan fingerprint density at radius 1 is 1.25 bits per heavy atom. The number of rotatable bonds is 6. The predicted octanol–water partition coefficient (Wildman–Crippen LogP) is 3.98. The monoisotopic (exact) mass is 346 g/mol. The van der Waals surface area contributed by atoms with Crippen molar-refractivity contribution >= 4 is 35.0 Å². The summed E-state index contributed by atoms with van der Waals surface area (Å²) in [5, 5.41) is 3.17. The molecule has 0 aromatic heterocycles. The second kappa shape index (κ2) is 8.26. The van der Waals surface area contributed by atoms with Gasteiger partial charge in [-0.3, -0.25) is 4.79 Å². The molecule has 2 aromatic carbocycles. The molecule has 3 N–H and O–H groups in total. The minimum absolute atomic E-state index is 0.274. The number of methoxy groups -OCH3 is 1. The Labute approximate surface area is 146 Å². The number of anilines is 2. The van der Waals surface area contributed by atoms with Gasteiger partial charge in [0.2, 0.25) is 5.91 Å². The van der Waals surface area contributed by atoms with Crippen LogP contribution in [0.3, 0.4) is 0 Å². The number of hydrogen-bond acceptors (Lipinski definition) is 4. The highest BCUT2D eigenvalue weighted by atomic mass is 35.5. The van der Waals surface area contributed by atoms with Gasteiger partial charge in [-0.1, -0.05) is 17.7 Å². The summed E-state index contributed by atoms with van der Waals surface area (Å²) in [4.78, 5) is 12.0. The Morgan fingerprint density at radius 3 is 2.71 bits per heavy atom. The number of halogens is 1. The molecule has 2 rings (SSSR count). The van der Waals surface area contributed by atoms with E-state index in [1.54, 1.807) is 43.5 Å². The molecule has 0 aliphatic carbocycles. The van der Waals surface area contributed by atoms with Crippen LogP contribution in [0.2, 0.25) is 5.02 Å². The van der Waals surface area contributed by atoms with Gasteiger partial charge in [0.05, 0.1) is 24.4 Å². The molecular formula is C18H19ClN2O3. The summed E-state index contributed by atoms with van der Waals surface area (Å²) in [7, 11) is 1.57. The number of nitrogens with two attached hydrogens (primary N) is 1. The average Bonchev–Trinajstić information content (AvgIpc) is 2.57. The van der Waals surface area contributed by atoms with Gasteiger partial charge < -0.3 is 20.5 Å². The van der Waals surface area contributed by atoms with Crippen LogP contribution in [-0.4, -0.2) is 19.6 Å². The van der Waals surface area contributed by atoms with E-state index in [-0.39, 0.29) is 5.91 Å². The lowest BCUT2D eigenvalue weighted by atomic mass is 10.2. The number of carbonyl (C=O) groups is 1. The molecule has 0 heterocycles. The smallest absolute Gasteiger partial charge is 0.248 e. The van der Waals surface area contributed by atoms with Gasteiger partial charge in [0.1, 0.15) is 0 Å². The topological polar surface area (TPSA) is 73.6 Å². The molecule has 6 heteroatoms. The van der Waals surface area contributed by atoms with Crippen LogP contribution >= 0.6 is 11.6 Å². The van der Waals surface area contributed by atoms with Crippen LogP contribution in [0.1, 0.15) is 12.5 Å². The SMILES string of the molecule is CCOc1ccc(/C=C/C(=O)Nc2ccc(Cl)c(N)c2)cc1OC. The van der Waals surface area contributed by atoms with E-state index in [4.69, 9.17) is 26.8 Å². The lowest BCUT2D eigenvalue weighted by Crippen LogP contribution is -2.08. The Balaban J connectivity index is 2.06. The first-order chi connectivity index (χ1) is 11.5. The van der Waals surface area contributed by atoms with Crippen LogP contribution in [-0.2, 0) is 4.79 Å². The molecular weight excluding hydrogens is 328 g/mol. The maximum absolute atomic E-state index is 12.0. The number of nitrogens with one attached hydrogen (secondary N) is 1. The highest BCUT2D eigenvalue weighted by Crippen LogP contribution is 2.28.